The summed E-state index contributed by atoms with van der Waals surface area (Å²) < 4.78 is 0. The highest BCUT2D eigenvalue weighted by molar-refractivity contribution is 5.20. The predicted molar refractivity (Wildman–Crippen MR) is 63.0 cm³/mol. The van der Waals surface area contributed by atoms with E-state index in [1.807, 2.05) is 0 Å². The molecule has 1 aromatic rings. The highest BCUT2D eigenvalue weighted by atomic mass is 15.1. The first-order chi connectivity index (χ1) is 6.13. The van der Waals surface area contributed by atoms with E-state index in [0.717, 1.165) is 0 Å². The summed E-state index contributed by atoms with van der Waals surface area (Å²) in [4.78, 5) is 2.26. The molecular formula is C12H22N2. The van der Waals surface area contributed by atoms with Crippen LogP contribution in [0.4, 0.5) is 0 Å². The van der Waals surface area contributed by atoms with Crippen molar-refractivity contribution in [1.29, 1.82) is 0 Å². The second kappa shape index (κ2) is 5.78. The van der Waals surface area contributed by atoms with Gasteiger partial charge in [-0.1, -0.05) is 37.3 Å². The van der Waals surface area contributed by atoms with Gasteiger partial charge in [-0.15, -0.1) is 0 Å². The molecule has 2 atom stereocenters. The lowest BCUT2D eigenvalue weighted by Gasteiger charge is -2.26. The Morgan fingerprint density at radius 2 is 1.50 bits per heavy atom. The fourth-order valence-corrected chi connectivity index (χ4v) is 1.48. The Kier molecular flexibility index (Phi) is 5.43. The van der Waals surface area contributed by atoms with Gasteiger partial charge in [-0.2, -0.15) is 0 Å². The second-order valence-electron chi connectivity index (χ2n) is 3.90. The van der Waals surface area contributed by atoms with Gasteiger partial charge < -0.3 is 11.1 Å². The molecule has 1 rings (SSSR count). The normalized spacial score (nSPS) is 14.6. The minimum absolute atomic E-state index is 0. The lowest BCUT2D eigenvalue weighted by atomic mass is 9.94. The van der Waals surface area contributed by atoms with E-state index in [-0.39, 0.29) is 6.15 Å². The Morgan fingerprint density at radius 1 is 1.00 bits per heavy atom. The van der Waals surface area contributed by atoms with Gasteiger partial charge in [0.25, 0.3) is 0 Å². The van der Waals surface area contributed by atoms with Crippen molar-refractivity contribution in [2.24, 2.45) is 0 Å². The van der Waals surface area contributed by atoms with Crippen LogP contribution in [-0.4, -0.2) is 25.0 Å². The molecule has 0 aliphatic carbocycles. The number of benzene rings is 1. The summed E-state index contributed by atoms with van der Waals surface area (Å²) in [5.41, 5.74) is 1.42. The molecule has 2 unspecified atom stereocenters. The van der Waals surface area contributed by atoms with Crippen molar-refractivity contribution < 1.29 is 0 Å². The second-order valence-corrected chi connectivity index (χ2v) is 3.90. The van der Waals surface area contributed by atoms with Gasteiger partial charge in [0.05, 0.1) is 0 Å². The molecule has 3 N–H and O–H groups in total. The van der Waals surface area contributed by atoms with Crippen LogP contribution in [0.25, 0.3) is 0 Å². The van der Waals surface area contributed by atoms with Crippen molar-refractivity contribution in [1.82, 2.24) is 11.1 Å². The van der Waals surface area contributed by atoms with E-state index in [4.69, 9.17) is 0 Å². The number of hydrogen-bond donors (Lipinski definition) is 1. The van der Waals surface area contributed by atoms with Crippen molar-refractivity contribution in [2.45, 2.75) is 25.8 Å². The summed E-state index contributed by atoms with van der Waals surface area (Å²) >= 11 is 0. The zero-order valence-corrected chi connectivity index (χ0v) is 9.70. The molecule has 0 aliphatic heterocycles. The van der Waals surface area contributed by atoms with E-state index in [1.165, 1.54) is 5.56 Å². The van der Waals surface area contributed by atoms with Crippen LogP contribution in [0.5, 0.6) is 0 Å². The molecule has 0 spiro atoms. The molecule has 14 heavy (non-hydrogen) atoms. The lowest BCUT2D eigenvalue weighted by molar-refractivity contribution is 0.280. The van der Waals surface area contributed by atoms with E-state index in [2.05, 4.69) is 63.2 Å². The Bertz CT molecular complexity index is 244. The van der Waals surface area contributed by atoms with Gasteiger partial charge in [-0.3, -0.25) is 0 Å². The highest BCUT2D eigenvalue weighted by Crippen LogP contribution is 2.20. The van der Waals surface area contributed by atoms with Crippen molar-refractivity contribution >= 4 is 0 Å². The lowest BCUT2D eigenvalue weighted by Crippen LogP contribution is -2.29. The SMILES string of the molecule is CC(c1ccccc1)C(C)N(C)C.N. The minimum atomic E-state index is 0. The van der Waals surface area contributed by atoms with E-state index in [9.17, 15) is 0 Å². The molecule has 0 saturated heterocycles. The Hall–Kier alpha value is -0.860. The zero-order chi connectivity index (χ0) is 9.84. The molecule has 0 radical (unpaired) electrons. The summed E-state index contributed by atoms with van der Waals surface area (Å²) in [6.07, 6.45) is 0. The third-order valence-electron chi connectivity index (χ3n) is 2.86. The fourth-order valence-electron chi connectivity index (χ4n) is 1.48. The average molecular weight is 194 g/mol. The number of rotatable bonds is 3. The van der Waals surface area contributed by atoms with Crippen molar-refractivity contribution in [2.75, 3.05) is 14.1 Å². The van der Waals surface area contributed by atoms with E-state index >= 15 is 0 Å². The molecule has 0 fully saturated rings. The number of hydrogen-bond acceptors (Lipinski definition) is 2. The van der Waals surface area contributed by atoms with Gasteiger partial charge in [0.1, 0.15) is 0 Å². The first kappa shape index (κ1) is 13.1. The number of likely N-dealkylation sites (N-methyl/N-ethyl adjacent to an activating group) is 1. The molecule has 2 heteroatoms. The Labute approximate surface area is 87.5 Å². The molecule has 80 valence electrons. The average Bonchev–Trinajstić information content (AvgIpc) is 2.17. The largest absolute Gasteiger partial charge is 0.344 e. The molecule has 0 heterocycles. The summed E-state index contributed by atoms with van der Waals surface area (Å²) in [5, 5.41) is 0. The summed E-state index contributed by atoms with van der Waals surface area (Å²) in [6.45, 7) is 4.54. The minimum Gasteiger partial charge on any atom is -0.344 e. The van der Waals surface area contributed by atoms with Gasteiger partial charge >= 0.3 is 0 Å². The molecule has 0 aromatic heterocycles. The van der Waals surface area contributed by atoms with Crippen LogP contribution in [0.3, 0.4) is 0 Å². The predicted octanol–water partition coefficient (Wildman–Crippen LogP) is 2.90. The van der Waals surface area contributed by atoms with Crippen LogP contribution in [0, 0.1) is 0 Å². The van der Waals surface area contributed by atoms with Crippen LogP contribution < -0.4 is 6.15 Å². The van der Waals surface area contributed by atoms with Crippen LogP contribution in [0.15, 0.2) is 30.3 Å². The summed E-state index contributed by atoms with van der Waals surface area (Å²) in [6, 6.07) is 11.3. The maximum absolute atomic E-state index is 2.28. The first-order valence-electron chi connectivity index (χ1n) is 4.84. The van der Waals surface area contributed by atoms with Crippen molar-refractivity contribution in [3.63, 3.8) is 0 Å². The molecule has 1 aromatic carbocycles. The van der Waals surface area contributed by atoms with Gasteiger partial charge in [-0.05, 0) is 32.5 Å². The topological polar surface area (TPSA) is 38.2 Å². The molecule has 0 amide bonds. The molecule has 0 bridgehead atoms. The fraction of sp³-hybridized carbons (Fsp3) is 0.500. The summed E-state index contributed by atoms with van der Waals surface area (Å²) in [5.74, 6) is 0.594. The van der Waals surface area contributed by atoms with E-state index < -0.39 is 0 Å². The number of nitrogens with zero attached hydrogens (tertiary/aromatic N) is 1. The van der Waals surface area contributed by atoms with Gasteiger partial charge in [0.15, 0.2) is 0 Å². The molecule has 0 saturated carbocycles. The third-order valence-corrected chi connectivity index (χ3v) is 2.86. The van der Waals surface area contributed by atoms with Gasteiger partial charge in [-0.25, -0.2) is 0 Å². The Balaban J connectivity index is 0.00000169. The van der Waals surface area contributed by atoms with Crippen molar-refractivity contribution in [3.8, 4) is 0 Å². The van der Waals surface area contributed by atoms with Crippen LogP contribution in [-0.2, 0) is 0 Å². The van der Waals surface area contributed by atoms with E-state index in [1.54, 1.807) is 0 Å². The Morgan fingerprint density at radius 3 is 1.93 bits per heavy atom. The van der Waals surface area contributed by atoms with Gasteiger partial charge in [0, 0.05) is 6.04 Å². The molecule has 2 nitrogen and oxygen atoms in total. The third kappa shape index (κ3) is 3.13. The van der Waals surface area contributed by atoms with Crippen LogP contribution in [0.1, 0.15) is 25.3 Å². The zero-order valence-electron chi connectivity index (χ0n) is 9.70. The smallest absolute Gasteiger partial charge is 0.0127 e. The quantitative estimate of drug-likeness (QED) is 0.803. The monoisotopic (exact) mass is 194 g/mol. The van der Waals surface area contributed by atoms with Gasteiger partial charge in [0.2, 0.25) is 0 Å². The maximum atomic E-state index is 2.28. The highest BCUT2D eigenvalue weighted by Gasteiger charge is 2.15. The van der Waals surface area contributed by atoms with Crippen molar-refractivity contribution in [3.05, 3.63) is 35.9 Å². The van der Waals surface area contributed by atoms with Crippen LogP contribution in [0.2, 0.25) is 0 Å². The van der Waals surface area contributed by atoms with E-state index in [0.29, 0.717) is 12.0 Å². The molecular weight excluding hydrogens is 172 g/mol. The first-order valence-corrected chi connectivity index (χ1v) is 4.84. The molecule has 0 aliphatic rings. The standard InChI is InChI=1S/C12H19N.H3N/c1-10(11(2)13(3)4)12-8-6-5-7-9-12;/h5-11H,1-4H3;1H3. The maximum Gasteiger partial charge on any atom is 0.0127 e. The summed E-state index contributed by atoms with van der Waals surface area (Å²) in [7, 11) is 4.26. The van der Waals surface area contributed by atoms with Crippen LogP contribution >= 0.6 is 0 Å².